The zero-order chi connectivity index (χ0) is 24.1. The molecule has 0 spiro atoms. The molecule has 0 radical (unpaired) electrons. The first kappa shape index (κ1) is 24.9. The Bertz CT molecular complexity index is 969. The summed E-state index contributed by atoms with van der Waals surface area (Å²) < 4.78 is 49.8. The van der Waals surface area contributed by atoms with Crippen molar-refractivity contribution < 1.29 is 17.9 Å². The lowest BCUT2D eigenvalue weighted by atomic mass is 9.75. The van der Waals surface area contributed by atoms with Crippen LogP contribution < -0.4 is 4.74 Å². The van der Waals surface area contributed by atoms with Crippen LogP contribution >= 0.6 is 0 Å². The van der Waals surface area contributed by atoms with Gasteiger partial charge >= 0.3 is 0 Å². The molecule has 0 atom stereocenters. The van der Waals surface area contributed by atoms with E-state index in [2.05, 4.69) is 6.58 Å². The predicted octanol–water partition coefficient (Wildman–Crippen LogP) is 8.87. The summed E-state index contributed by atoms with van der Waals surface area (Å²) in [5.74, 6) is 0.260. The largest absolute Gasteiger partial charge is 0.494 e. The molecule has 0 bridgehead atoms. The molecule has 1 nitrogen and oxygen atoms in total. The first-order valence-corrected chi connectivity index (χ1v) is 13.0. The highest BCUT2D eigenvalue weighted by atomic mass is 19.2. The maximum Gasteiger partial charge on any atom is 0.162 e. The molecule has 2 aliphatic rings. The molecular formula is C30H37F3O. The van der Waals surface area contributed by atoms with Gasteiger partial charge in [0.25, 0.3) is 0 Å². The summed E-state index contributed by atoms with van der Waals surface area (Å²) in [5.41, 5.74) is 1.81. The van der Waals surface area contributed by atoms with E-state index in [0.29, 0.717) is 41.7 Å². The third kappa shape index (κ3) is 5.70. The number of rotatable bonds is 8. The lowest BCUT2D eigenvalue weighted by molar-refractivity contribution is 0.303. The Morgan fingerprint density at radius 1 is 0.853 bits per heavy atom. The molecule has 2 aromatic rings. The Labute approximate surface area is 202 Å². The third-order valence-electron chi connectivity index (χ3n) is 8.13. The maximum atomic E-state index is 15.1. The van der Waals surface area contributed by atoms with Crippen molar-refractivity contribution >= 4 is 0 Å². The molecule has 0 aliphatic heterocycles. The lowest BCUT2D eigenvalue weighted by Gasteiger charge is -2.30. The molecule has 0 unspecified atom stereocenters. The minimum Gasteiger partial charge on any atom is -0.494 e. The number of halogens is 3. The van der Waals surface area contributed by atoms with Crippen LogP contribution in [-0.2, 0) is 6.42 Å². The molecule has 0 saturated heterocycles. The number of hydrogen-bond donors (Lipinski definition) is 0. The summed E-state index contributed by atoms with van der Waals surface area (Å²) in [7, 11) is 0. The van der Waals surface area contributed by atoms with E-state index in [0.717, 1.165) is 63.4 Å². The van der Waals surface area contributed by atoms with Gasteiger partial charge in [0.1, 0.15) is 11.6 Å². The van der Waals surface area contributed by atoms with E-state index < -0.39 is 11.6 Å². The normalized spacial score (nSPS) is 25.2. The molecule has 0 aromatic heterocycles. The van der Waals surface area contributed by atoms with Gasteiger partial charge in [-0.2, -0.15) is 0 Å². The van der Waals surface area contributed by atoms with E-state index >= 15 is 8.78 Å². The second-order valence-electron chi connectivity index (χ2n) is 10.2. The molecular weight excluding hydrogens is 433 g/mol. The second kappa shape index (κ2) is 11.5. The van der Waals surface area contributed by atoms with Crippen molar-refractivity contribution in [2.45, 2.75) is 83.0 Å². The molecule has 0 N–H and O–H groups in total. The van der Waals surface area contributed by atoms with Gasteiger partial charge in [-0.05, 0) is 118 Å². The Morgan fingerprint density at radius 2 is 1.44 bits per heavy atom. The molecule has 2 aromatic carbocycles. The van der Waals surface area contributed by atoms with E-state index in [1.165, 1.54) is 6.07 Å². The van der Waals surface area contributed by atoms with Gasteiger partial charge in [-0.1, -0.05) is 24.3 Å². The van der Waals surface area contributed by atoms with Crippen LogP contribution in [0.4, 0.5) is 13.2 Å². The van der Waals surface area contributed by atoms with Crippen LogP contribution in [0.3, 0.4) is 0 Å². The van der Waals surface area contributed by atoms with E-state index in [4.69, 9.17) is 4.74 Å². The van der Waals surface area contributed by atoms with Crippen LogP contribution in [0, 0.1) is 29.3 Å². The summed E-state index contributed by atoms with van der Waals surface area (Å²) in [6.45, 7) is 6.27. The van der Waals surface area contributed by atoms with E-state index in [-0.39, 0.29) is 17.7 Å². The molecule has 0 heterocycles. The molecule has 184 valence electrons. The van der Waals surface area contributed by atoms with Gasteiger partial charge in [0.15, 0.2) is 11.6 Å². The van der Waals surface area contributed by atoms with E-state index in [9.17, 15) is 4.39 Å². The van der Waals surface area contributed by atoms with E-state index in [1.807, 2.05) is 37.3 Å². The monoisotopic (exact) mass is 470 g/mol. The van der Waals surface area contributed by atoms with E-state index in [1.54, 1.807) is 0 Å². The molecule has 34 heavy (non-hydrogen) atoms. The average molecular weight is 471 g/mol. The summed E-state index contributed by atoms with van der Waals surface area (Å²) in [6, 6.07) is 8.78. The van der Waals surface area contributed by atoms with Crippen molar-refractivity contribution in [1.29, 1.82) is 0 Å². The SMILES string of the molecule is C=CC1CCC(c2ccc(C3CCC(CCc4ccc(OCC)cc4F)CC3)c(F)c2F)CC1. The standard InChI is InChI=1S/C30H37F3O/c1-3-20-5-10-22(11-6-20)26-17-18-27(30(33)29(26)32)23-12-7-21(8-13-23)9-14-24-15-16-25(34-4-2)19-28(24)31/h3,15-23H,1,4-14H2,2H3. The Kier molecular flexibility index (Phi) is 8.39. The number of benzene rings is 2. The minimum absolute atomic E-state index is 0.0681. The first-order chi connectivity index (χ1) is 16.5. The Hall–Kier alpha value is -2.23. The quantitative estimate of drug-likeness (QED) is 0.350. The van der Waals surface area contributed by atoms with Crippen molar-refractivity contribution in [3.8, 4) is 5.75 Å². The van der Waals surface area contributed by atoms with Gasteiger partial charge in [-0.3, -0.25) is 0 Å². The molecule has 2 aliphatic carbocycles. The average Bonchev–Trinajstić information content (AvgIpc) is 2.86. The van der Waals surface area contributed by atoms with Crippen molar-refractivity contribution in [2.24, 2.45) is 11.8 Å². The Balaban J connectivity index is 1.31. The topological polar surface area (TPSA) is 9.23 Å². The van der Waals surface area contributed by atoms with Crippen molar-refractivity contribution in [3.63, 3.8) is 0 Å². The molecule has 4 rings (SSSR count). The van der Waals surface area contributed by atoms with Crippen LogP contribution in [0.5, 0.6) is 5.75 Å². The number of aryl methyl sites for hydroxylation is 1. The summed E-state index contributed by atoms with van der Waals surface area (Å²) in [4.78, 5) is 0. The predicted molar refractivity (Wildman–Crippen MR) is 132 cm³/mol. The highest BCUT2D eigenvalue weighted by Gasteiger charge is 2.29. The van der Waals surface area contributed by atoms with Crippen LogP contribution in [0.1, 0.15) is 93.2 Å². The fraction of sp³-hybridized carbons (Fsp3) is 0.533. The first-order valence-electron chi connectivity index (χ1n) is 13.0. The summed E-state index contributed by atoms with van der Waals surface area (Å²) in [6.07, 6.45) is 11.0. The minimum atomic E-state index is -0.636. The number of hydrogen-bond acceptors (Lipinski definition) is 1. The van der Waals surface area contributed by atoms with Crippen LogP contribution in [0.15, 0.2) is 43.0 Å². The molecule has 0 amide bonds. The van der Waals surface area contributed by atoms with Crippen molar-refractivity contribution in [3.05, 3.63) is 77.1 Å². The summed E-state index contributed by atoms with van der Waals surface area (Å²) in [5, 5.41) is 0. The molecule has 2 fully saturated rings. The number of ether oxygens (including phenoxy) is 1. The smallest absolute Gasteiger partial charge is 0.162 e. The third-order valence-corrected chi connectivity index (χ3v) is 8.13. The van der Waals surface area contributed by atoms with Gasteiger partial charge in [0.05, 0.1) is 6.61 Å². The van der Waals surface area contributed by atoms with Crippen LogP contribution in [0.25, 0.3) is 0 Å². The molecule has 2 saturated carbocycles. The molecule has 4 heteroatoms. The van der Waals surface area contributed by atoms with Gasteiger partial charge in [0, 0.05) is 6.07 Å². The van der Waals surface area contributed by atoms with Crippen molar-refractivity contribution in [1.82, 2.24) is 0 Å². The second-order valence-corrected chi connectivity index (χ2v) is 10.2. The summed E-state index contributed by atoms with van der Waals surface area (Å²) >= 11 is 0. The zero-order valence-electron chi connectivity index (χ0n) is 20.3. The highest BCUT2D eigenvalue weighted by molar-refractivity contribution is 5.32. The highest BCUT2D eigenvalue weighted by Crippen LogP contribution is 2.42. The lowest BCUT2D eigenvalue weighted by Crippen LogP contribution is -2.17. The van der Waals surface area contributed by atoms with Crippen LogP contribution in [0.2, 0.25) is 0 Å². The fourth-order valence-corrected chi connectivity index (χ4v) is 5.98. The van der Waals surface area contributed by atoms with Gasteiger partial charge in [0.2, 0.25) is 0 Å². The number of allylic oxidation sites excluding steroid dienone is 1. The fourth-order valence-electron chi connectivity index (χ4n) is 5.98. The van der Waals surface area contributed by atoms with Gasteiger partial charge in [-0.25, -0.2) is 13.2 Å². The van der Waals surface area contributed by atoms with Crippen molar-refractivity contribution in [2.75, 3.05) is 6.61 Å². The Morgan fingerprint density at radius 3 is 1.97 bits per heavy atom. The van der Waals surface area contributed by atoms with Gasteiger partial charge < -0.3 is 4.74 Å². The maximum absolute atomic E-state index is 15.1. The van der Waals surface area contributed by atoms with Crippen LogP contribution in [-0.4, -0.2) is 6.61 Å². The zero-order valence-corrected chi connectivity index (χ0v) is 20.3. The van der Waals surface area contributed by atoms with Gasteiger partial charge in [-0.15, -0.1) is 6.58 Å².